The topological polar surface area (TPSA) is 64.9 Å². The molecular weight excluding hydrogens is 270 g/mol. The first-order valence-electron chi connectivity index (χ1n) is 5.17. The normalized spacial score (nSPS) is 10.9. The molecule has 0 aliphatic rings. The number of hydrogen-bond acceptors (Lipinski definition) is 5. The Kier molecular flexibility index (Phi) is 2.85. The first-order valence-corrected chi connectivity index (χ1v) is 6.36. The third kappa shape index (κ3) is 2.14. The molecule has 1 aromatic carbocycles. The second-order valence-corrected chi connectivity index (χ2v) is 5.00. The number of para-hydroxylation sites is 1. The van der Waals surface area contributed by atoms with Crippen molar-refractivity contribution in [2.45, 2.75) is 10.2 Å². The molecule has 0 saturated heterocycles. The molecule has 2 N–H and O–H groups in total. The van der Waals surface area contributed by atoms with Crippen LogP contribution in [0.5, 0.6) is 0 Å². The molecule has 2 heterocycles. The molecule has 0 radical (unpaired) electrons. The molecule has 18 heavy (non-hydrogen) atoms. The van der Waals surface area contributed by atoms with E-state index in [0.717, 1.165) is 5.03 Å². The smallest absolute Gasteiger partial charge is 0.263 e. The van der Waals surface area contributed by atoms with E-state index >= 15 is 0 Å². The second-order valence-electron chi connectivity index (χ2n) is 3.59. The molecule has 0 saturated carbocycles. The number of nitrogens with two attached hydrogens (primary N) is 1. The first-order chi connectivity index (χ1) is 8.72. The second kappa shape index (κ2) is 4.51. The SMILES string of the molecule is Nc1cccc2oc(Sc3ccc(Cl)cn3)nc12. The van der Waals surface area contributed by atoms with Crippen LogP contribution < -0.4 is 5.73 Å². The zero-order valence-electron chi connectivity index (χ0n) is 9.13. The molecule has 0 aliphatic heterocycles. The number of nitrogen functional groups attached to an aromatic ring is 1. The van der Waals surface area contributed by atoms with Crippen molar-refractivity contribution in [3.05, 3.63) is 41.6 Å². The van der Waals surface area contributed by atoms with E-state index in [1.165, 1.54) is 11.8 Å². The summed E-state index contributed by atoms with van der Waals surface area (Å²) in [5.74, 6) is 0. The fourth-order valence-corrected chi connectivity index (χ4v) is 2.31. The predicted octanol–water partition coefficient (Wildman–Crippen LogP) is 3.61. The molecule has 0 bridgehead atoms. The summed E-state index contributed by atoms with van der Waals surface area (Å²) >= 11 is 7.10. The van der Waals surface area contributed by atoms with Crippen LogP contribution >= 0.6 is 23.4 Å². The van der Waals surface area contributed by atoms with Crippen LogP contribution in [-0.2, 0) is 0 Å². The number of anilines is 1. The van der Waals surface area contributed by atoms with Crippen LogP contribution in [0.25, 0.3) is 11.1 Å². The minimum absolute atomic E-state index is 0.512. The van der Waals surface area contributed by atoms with Gasteiger partial charge in [-0.15, -0.1) is 0 Å². The van der Waals surface area contributed by atoms with Crippen LogP contribution in [0.15, 0.2) is 51.2 Å². The third-order valence-corrected chi connectivity index (χ3v) is 3.35. The third-order valence-electron chi connectivity index (χ3n) is 2.32. The van der Waals surface area contributed by atoms with Gasteiger partial charge in [0.05, 0.1) is 10.7 Å². The van der Waals surface area contributed by atoms with Crippen molar-refractivity contribution < 1.29 is 4.42 Å². The van der Waals surface area contributed by atoms with E-state index in [-0.39, 0.29) is 0 Å². The maximum Gasteiger partial charge on any atom is 0.263 e. The van der Waals surface area contributed by atoms with Gasteiger partial charge in [0.25, 0.3) is 5.22 Å². The lowest BCUT2D eigenvalue weighted by molar-refractivity contribution is 0.489. The number of nitrogens with zero attached hydrogens (tertiary/aromatic N) is 2. The molecule has 0 amide bonds. The molecule has 3 rings (SSSR count). The largest absolute Gasteiger partial charge is 0.431 e. The quantitative estimate of drug-likeness (QED) is 0.725. The highest BCUT2D eigenvalue weighted by Gasteiger charge is 2.10. The molecule has 0 spiro atoms. The summed E-state index contributed by atoms with van der Waals surface area (Å²) in [5, 5.41) is 1.88. The average molecular weight is 278 g/mol. The predicted molar refractivity (Wildman–Crippen MR) is 71.8 cm³/mol. The van der Waals surface area contributed by atoms with Gasteiger partial charge in [0.1, 0.15) is 10.5 Å². The Morgan fingerprint density at radius 2 is 2.11 bits per heavy atom. The Labute approximate surface area is 112 Å². The summed E-state index contributed by atoms with van der Waals surface area (Å²) in [5.41, 5.74) is 7.77. The Bertz CT molecular complexity index is 696. The van der Waals surface area contributed by atoms with Gasteiger partial charge in [0.15, 0.2) is 5.58 Å². The fourth-order valence-electron chi connectivity index (χ4n) is 1.51. The Morgan fingerprint density at radius 1 is 1.22 bits per heavy atom. The summed E-state index contributed by atoms with van der Waals surface area (Å²) in [6.07, 6.45) is 1.58. The lowest BCUT2D eigenvalue weighted by atomic mass is 10.3. The maximum absolute atomic E-state index is 5.82. The average Bonchev–Trinajstić information content (AvgIpc) is 2.76. The highest BCUT2D eigenvalue weighted by molar-refractivity contribution is 7.99. The molecule has 0 unspecified atom stereocenters. The van der Waals surface area contributed by atoms with E-state index in [4.69, 9.17) is 21.8 Å². The monoisotopic (exact) mass is 277 g/mol. The number of rotatable bonds is 2. The molecule has 0 atom stereocenters. The van der Waals surface area contributed by atoms with E-state index in [1.807, 2.05) is 18.2 Å². The van der Waals surface area contributed by atoms with Crippen molar-refractivity contribution in [2.75, 3.05) is 5.73 Å². The van der Waals surface area contributed by atoms with Gasteiger partial charge in [0, 0.05) is 6.20 Å². The molecule has 0 fully saturated rings. The Morgan fingerprint density at radius 3 is 2.83 bits per heavy atom. The number of oxazole rings is 1. The van der Waals surface area contributed by atoms with Gasteiger partial charge in [-0.2, -0.15) is 0 Å². The lowest BCUT2D eigenvalue weighted by Gasteiger charge is -1.94. The van der Waals surface area contributed by atoms with Gasteiger partial charge in [-0.05, 0) is 36.0 Å². The van der Waals surface area contributed by atoms with Crippen LogP contribution in [0.3, 0.4) is 0 Å². The zero-order valence-corrected chi connectivity index (χ0v) is 10.7. The molecule has 2 aromatic heterocycles. The van der Waals surface area contributed by atoms with Gasteiger partial charge in [-0.25, -0.2) is 9.97 Å². The highest BCUT2D eigenvalue weighted by atomic mass is 35.5. The van der Waals surface area contributed by atoms with E-state index in [2.05, 4.69) is 9.97 Å². The van der Waals surface area contributed by atoms with E-state index < -0.39 is 0 Å². The number of fused-ring (bicyclic) bond motifs is 1. The lowest BCUT2D eigenvalue weighted by Crippen LogP contribution is -1.84. The fraction of sp³-hybridized carbons (Fsp3) is 0. The Balaban J connectivity index is 1.95. The van der Waals surface area contributed by atoms with Gasteiger partial charge < -0.3 is 10.2 Å². The van der Waals surface area contributed by atoms with E-state index in [0.29, 0.717) is 27.0 Å². The van der Waals surface area contributed by atoms with Gasteiger partial charge in [0.2, 0.25) is 0 Å². The minimum Gasteiger partial charge on any atom is -0.431 e. The van der Waals surface area contributed by atoms with Crippen LogP contribution in [0, 0.1) is 0 Å². The zero-order chi connectivity index (χ0) is 12.5. The summed E-state index contributed by atoms with van der Waals surface area (Å²) in [4.78, 5) is 8.49. The molecule has 6 heteroatoms. The maximum atomic E-state index is 5.82. The van der Waals surface area contributed by atoms with E-state index in [9.17, 15) is 0 Å². The van der Waals surface area contributed by atoms with Crippen molar-refractivity contribution in [3.63, 3.8) is 0 Å². The molecule has 0 aliphatic carbocycles. The summed E-state index contributed by atoms with van der Waals surface area (Å²) < 4.78 is 5.58. The highest BCUT2D eigenvalue weighted by Crippen LogP contribution is 2.30. The number of aromatic nitrogens is 2. The summed E-state index contributed by atoms with van der Waals surface area (Å²) in [7, 11) is 0. The van der Waals surface area contributed by atoms with Crippen molar-refractivity contribution in [1.29, 1.82) is 0 Å². The Hall–Kier alpha value is -1.72. The summed E-state index contributed by atoms with van der Waals surface area (Å²) in [6.45, 7) is 0. The molecular formula is C12H8ClN3OS. The number of halogens is 1. The van der Waals surface area contributed by atoms with Crippen LogP contribution in [0.4, 0.5) is 5.69 Å². The van der Waals surface area contributed by atoms with Crippen molar-refractivity contribution in [1.82, 2.24) is 9.97 Å². The molecule has 3 aromatic rings. The van der Waals surface area contributed by atoms with Crippen LogP contribution in [0.2, 0.25) is 5.02 Å². The van der Waals surface area contributed by atoms with Crippen LogP contribution in [-0.4, -0.2) is 9.97 Å². The number of hydrogen-bond donors (Lipinski definition) is 1. The van der Waals surface area contributed by atoms with E-state index in [1.54, 1.807) is 18.3 Å². The van der Waals surface area contributed by atoms with Crippen LogP contribution in [0.1, 0.15) is 0 Å². The summed E-state index contributed by atoms with van der Waals surface area (Å²) in [6, 6.07) is 9.04. The van der Waals surface area contributed by atoms with Crippen molar-refractivity contribution >= 4 is 40.1 Å². The number of benzene rings is 1. The number of pyridine rings is 1. The first kappa shape index (κ1) is 11.4. The van der Waals surface area contributed by atoms with Crippen molar-refractivity contribution in [2.24, 2.45) is 0 Å². The molecule has 4 nitrogen and oxygen atoms in total. The van der Waals surface area contributed by atoms with Crippen molar-refractivity contribution in [3.8, 4) is 0 Å². The van der Waals surface area contributed by atoms with Gasteiger partial charge in [-0.1, -0.05) is 17.7 Å². The standard InChI is InChI=1S/C12H8ClN3OS/c13-7-4-5-10(15-6-7)18-12-16-11-8(14)2-1-3-9(11)17-12/h1-6H,14H2. The molecule has 90 valence electrons. The van der Waals surface area contributed by atoms with Gasteiger partial charge >= 0.3 is 0 Å². The van der Waals surface area contributed by atoms with Gasteiger partial charge in [-0.3, -0.25) is 0 Å². The minimum atomic E-state index is 0.512.